The third-order valence-electron chi connectivity index (χ3n) is 5.10. The third-order valence-corrected chi connectivity index (χ3v) is 5.10. The van der Waals surface area contributed by atoms with E-state index in [1.54, 1.807) is 0 Å². The Kier molecular flexibility index (Phi) is 9.22. The Hall–Kier alpha value is -3.56. The molecule has 240 valence electrons. The van der Waals surface area contributed by atoms with Crippen molar-refractivity contribution >= 4 is 23.5 Å². The standard InChI is InChI=1S/C19H10F17NO5/c1-41-9(38)6-3-4-7(10(39)42-2)8(5-6)37-11(40)12(20,21)13(22,23)14(24,25)15(26,27)16(28,29)17(30,31)18(32,33)19(34,35)36/h3-5H,1-2H3,(H,37,40). The highest BCUT2D eigenvalue weighted by Crippen LogP contribution is 2.64. The number of ether oxygens (including phenoxy) is 2. The molecule has 0 unspecified atom stereocenters. The minimum Gasteiger partial charge on any atom is -0.465 e. The van der Waals surface area contributed by atoms with Gasteiger partial charge in [0.2, 0.25) is 0 Å². The number of carbonyl (C=O) groups excluding carboxylic acids is 3. The molecule has 23 heteroatoms. The van der Waals surface area contributed by atoms with Gasteiger partial charge in [-0.1, -0.05) is 0 Å². The van der Waals surface area contributed by atoms with Gasteiger partial charge in [-0.05, 0) is 18.2 Å². The molecule has 6 nitrogen and oxygen atoms in total. The molecule has 0 aliphatic heterocycles. The lowest BCUT2D eigenvalue weighted by molar-refractivity contribution is -0.459. The molecule has 0 aliphatic rings. The lowest BCUT2D eigenvalue weighted by Gasteiger charge is -2.42. The summed E-state index contributed by atoms with van der Waals surface area (Å²) in [6.07, 6.45) is -7.91. The maximum absolute atomic E-state index is 14.2. The van der Waals surface area contributed by atoms with Gasteiger partial charge in [0.05, 0.1) is 31.0 Å². The van der Waals surface area contributed by atoms with Crippen molar-refractivity contribution in [2.75, 3.05) is 19.5 Å². The summed E-state index contributed by atoms with van der Waals surface area (Å²) in [7, 11) is 1.27. The minimum absolute atomic E-state index is 0.144. The number of esters is 2. The van der Waals surface area contributed by atoms with Crippen LogP contribution in [0.25, 0.3) is 0 Å². The highest BCUT2D eigenvalue weighted by atomic mass is 19.4. The molecule has 0 aliphatic carbocycles. The van der Waals surface area contributed by atoms with E-state index in [-0.39, 0.29) is 6.07 Å². The number of amides is 1. The van der Waals surface area contributed by atoms with Crippen LogP contribution in [0.5, 0.6) is 0 Å². The molecule has 0 aromatic heterocycles. The monoisotopic (exact) mass is 655 g/mol. The normalized spacial score (nSPS) is 14.4. The van der Waals surface area contributed by atoms with Crippen LogP contribution in [0.2, 0.25) is 0 Å². The number of methoxy groups -OCH3 is 2. The van der Waals surface area contributed by atoms with Crippen LogP contribution >= 0.6 is 0 Å². The first-order chi connectivity index (χ1) is 18.5. The number of hydrogen-bond donors (Lipinski definition) is 1. The molecule has 0 saturated carbocycles. The summed E-state index contributed by atoms with van der Waals surface area (Å²) in [5.41, 5.74) is -3.50. The van der Waals surface area contributed by atoms with Gasteiger partial charge >= 0.3 is 65.5 Å². The Morgan fingerprint density at radius 2 is 0.952 bits per heavy atom. The predicted octanol–water partition coefficient (Wildman–Crippen LogP) is 6.21. The molecule has 0 radical (unpaired) electrons. The zero-order chi connectivity index (χ0) is 33.7. The number of rotatable bonds is 10. The van der Waals surface area contributed by atoms with Crippen LogP contribution in [0.4, 0.5) is 80.3 Å². The fraction of sp³-hybridized carbons (Fsp3) is 0.526. The number of halogens is 17. The van der Waals surface area contributed by atoms with Crippen molar-refractivity contribution in [3.05, 3.63) is 29.3 Å². The van der Waals surface area contributed by atoms with Gasteiger partial charge < -0.3 is 14.8 Å². The highest BCUT2D eigenvalue weighted by Gasteiger charge is 2.95. The van der Waals surface area contributed by atoms with Gasteiger partial charge in [-0.15, -0.1) is 0 Å². The molecule has 0 spiro atoms. The summed E-state index contributed by atoms with van der Waals surface area (Å²) in [5.74, 6) is -66.2. The summed E-state index contributed by atoms with van der Waals surface area (Å²) in [6.45, 7) is 0. The molecule has 1 N–H and O–H groups in total. The first-order valence-corrected chi connectivity index (χ1v) is 9.79. The van der Waals surface area contributed by atoms with Crippen LogP contribution in [0.15, 0.2) is 18.2 Å². The van der Waals surface area contributed by atoms with Crippen molar-refractivity contribution < 1.29 is 98.5 Å². The van der Waals surface area contributed by atoms with Crippen molar-refractivity contribution in [3.63, 3.8) is 0 Å². The maximum atomic E-state index is 14.2. The Balaban J connectivity index is 3.72. The average Bonchev–Trinajstić information content (AvgIpc) is 2.86. The first kappa shape index (κ1) is 36.5. The molecular formula is C19H10F17NO5. The fourth-order valence-corrected chi connectivity index (χ4v) is 2.69. The number of anilines is 1. The van der Waals surface area contributed by atoms with E-state index >= 15 is 0 Å². The minimum atomic E-state index is -8.88. The summed E-state index contributed by atoms with van der Waals surface area (Å²) in [5, 5.41) is 0.568. The Morgan fingerprint density at radius 3 is 1.33 bits per heavy atom. The Bertz CT molecular complexity index is 1230. The van der Waals surface area contributed by atoms with Crippen LogP contribution in [-0.2, 0) is 14.3 Å². The Labute approximate surface area is 219 Å². The molecule has 0 bridgehead atoms. The summed E-state index contributed by atoms with van der Waals surface area (Å²) in [6, 6.07) is 1.20. The lowest BCUT2D eigenvalue weighted by Crippen LogP contribution is -2.75. The second-order valence-electron chi connectivity index (χ2n) is 7.72. The molecule has 0 heterocycles. The smallest absolute Gasteiger partial charge is 0.460 e. The fourth-order valence-electron chi connectivity index (χ4n) is 2.69. The highest BCUT2D eigenvalue weighted by molar-refractivity contribution is 6.05. The van der Waals surface area contributed by atoms with Crippen LogP contribution in [-0.4, -0.2) is 79.7 Å². The van der Waals surface area contributed by atoms with Crippen LogP contribution in [0.3, 0.4) is 0 Å². The SMILES string of the molecule is COC(=O)c1ccc(C(=O)OC)c(NC(=O)C(F)(F)C(F)(F)C(F)(F)C(F)(F)C(F)(F)C(F)(F)C(F)(F)C(F)(F)F)c1. The summed E-state index contributed by atoms with van der Waals surface area (Å²) in [4.78, 5) is 35.1. The van der Waals surface area contributed by atoms with E-state index in [2.05, 4.69) is 9.47 Å². The topological polar surface area (TPSA) is 81.7 Å². The van der Waals surface area contributed by atoms with Crippen molar-refractivity contribution in [3.8, 4) is 0 Å². The van der Waals surface area contributed by atoms with Gasteiger partial charge in [-0.2, -0.15) is 74.6 Å². The van der Waals surface area contributed by atoms with E-state index in [0.29, 0.717) is 31.7 Å². The number of benzene rings is 1. The van der Waals surface area contributed by atoms with Crippen molar-refractivity contribution in [1.29, 1.82) is 0 Å². The van der Waals surface area contributed by atoms with Crippen molar-refractivity contribution in [2.45, 2.75) is 47.6 Å². The third kappa shape index (κ3) is 5.13. The Morgan fingerprint density at radius 1 is 0.571 bits per heavy atom. The van der Waals surface area contributed by atoms with Crippen LogP contribution in [0.1, 0.15) is 20.7 Å². The van der Waals surface area contributed by atoms with Crippen molar-refractivity contribution in [2.24, 2.45) is 0 Å². The zero-order valence-corrected chi connectivity index (χ0v) is 19.7. The van der Waals surface area contributed by atoms with Crippen LogP contribution in [0, 0.1) is 0 Å². The van der Waals surface area contributed by atoms with Crippen LogP contribution < -0.4 is 5.32 Å². The molecule has 0 saturated heterocycles. The molecule has 0 atom stereocenters. The van der Waals surface area contributed by atoms with Gasteiger partial charge in [0.1, 0.15) is 0 Å². The summed E-state index contributed by atoms with van der Waals surface area (Å²) >= 11 is 0. The molecule has 1 amide bonds. The van der Waals surface area contributed by atoms with Gasteiger partial charge in [0, 0.05) is 0 Å². The van der Waals surface area contributed by atoms with E-state index < -0.39 is 82.3 Å². The van der Waals surface area contributed by atoms with E-state index in [1.807, 2.05) is 0 Å². The first-order valence-electron chi connectivity index (χ1n) is 9.79. The molecule has 1 rings (SSSR count). The molecule has 0 fully saturated rings. The second-order valence-corrected chi connectivity index (χ2v) is 7.72. The predicted molar refractivity (Wildman–Crippen MR) is 98.4 cm³/mol. The number of alkyl halides is 17. The molecule has 1 aromatic rings. The second kappa shape index (κ2) is 10.6. The van der Waals surface area contributed by atoms with Crippen molar-refractivity contribution in [1.82, 2.24) is 0 Å². The van der Waals surface area contributed by atoms with Gasteiger partial charge in [0.25, 0.3) is 0 Å². The van der Waals surface area contributed by atoms with E-state index in [0.717, 1.165) is 0 Å². The van der Waals surface area contributed by atoms with Gasteiger partial charge in [-0.25, -0.2) is 9.59 Å². The lowest BCUT2D eigenvalue weighted by atomic mass is 9.88. The average molecular weight is 655 g/mol. The van der Waals surface area contributed by atoms with Gasteiger partial charge in [-0.3, -0.25) is 4.79 Å². The molecule has 42 heavy (non-hydrogen) atoms. The maximum Gasteiger partial charge on any atom is 0.460 e. The largest absolute Gasteiger partial charge is 0.465 e. The van der Waals surface area contributed by atoms with E-state index in [4.69, 9.17) is 0 Å². The molecular weight excluding hydrogens is 645 g/mol. The number of carbonyl (C=O) groups is 3. The quantitative estimate of drug-likeness (QED) is 0.240. The van der Waals surface area contributed by atoms with E-state index in [9.17, 15) is 89.0 Å². The van der Waals surface area contributed by atoms with Gasteiger partial charge in [0.15, 0.2) is 0 Å². The molecule has 1 aromatic carbocycles. The zero-order valence-electron chi connectivity index (χ0n) is 19.7. The van der Waals surface area contributed by atoms with E-state index in [1.165, 1.54) is 0 Å². The number of nitrogens with one attached hydrogen (secondary N) is 1. The summed E-state index contributed by atoms with van der Waals surface area (Å²) < 4.78 is 236. The number of hydrogen-bond acceptors (Lipinski definition) is 5.